The molecule has 10 heteroatoms. The minimum absolute atomic E-state index is 0.0616. The minimum atomic E-state index is -4.68. The van der Waals surface area contributed by atoms with E-state index in [0.29, 0.717) is 22.3 Å². The molecule has 0 saturated heterocycles. The van der Waals surface area contributed by atoms with Crippen molar-refractivity contribution < 1.29 is 18.0 Å². The monoisotopic (exact) mass is 442 g/mol. The standard InChI is InChI=1S/C22H21F3N6O/c1-4-30-8-7-16(28-30)12-26-21(32)18-11-20-27-17(15-6-5-13(2)14(3)9-15)10-19(22(23,24)25)31(20)29-18/h5-11H,4,12H2,1-3H3,(H,26,32). The van der Waals surface area contributed by atoms with Gasteiger partial charge in [-0.25, -0.2) is 9.50 Å². The molecule has 0 bridgehead atoms. The summed E-state index contributed by atoms with van der Waals surface area (Å²) in [6.07, 6.45) is -2.90. The highest BCUT2D eigenvalue weighted by Crippen LogP contribution is 2.32. The Morgan fingerprint density at radius 2 is 1.84 bits per heavy atom. The first-order chi connectivity index (χ1) is 15.2. The highest BCUT2D eigenvalue weighted by Gasteiger charge is 2.35. The van der Waals surface area contributed by atoms with Crippen LogP contribution in [-0.4, -0.2) is 30.3 Å². The Bertz CT molecular complexity index is 1300. The second kappa shape index (κ2) is 8.10. The molecule has 32 heavy (non-hydrogen) atoms. The number of hydrogen-bond donors (Lipinski definition) is 1. The normalized spacial score (nSPS) is 11.8. The van der Waals surface area contributed by atoms with Gasteiger partial charge in [-0.3, -0.25) is 9.48 Å². The lowest BCUT2D eigenvalue weighted by Crippen LogP contribution is -2.24. The molecule has 0 aliphatic heterocycles. The van der Waals surface area contributed by atoms with Crippen LogP contribution in [0.3, 0.4) is 0 Å². The number of aryl methyl sites for hydroxylation is 3. The third kappa shape index (κ3) is 4.20. The van der Waals surface area contributed by atoms with Crippen LogP contribution in [-0.2, 0) is 19.3 Å². The second-order valence-corrected chi connectivity index (χ2v) is 7.47. The summed E-state index contributed by atoms with van der Waals surface area (Å²) in [5, 5.41) is 10.8. The molecule has 0 fully saturated rings. The van der Waals surface area contributed by atoms with E-state index in [1.54, 1.807) is 29.1 Å². The van der Waals surface area contributed by atoms with Gasteiger partial charge in [0.05, 0.1) is 17.9 Å². The highest BCUT2D eigenvalue weighted by atomic mass is 19.4. The summed E-state index contributed by atoms with van der Waals surface area (Å²) < 4.78 is 43.7. The van der Waals surface area contributed by atoms with Crippen molar-refractivity contribution in [2.75, 3.05) is 0 Å². The fourth-order valence-corrected chi connectivity index (χ4v) is 3.27. The van der Waals surface area contributed by atoms with Crippen molar-refractivity contribution in [1.82, 2.24) is 29.7 Å². The topological polar surface area (TPSA) is 77.1 Å². The number of hydrogen-bond acceptors (Lipinski definition) is 4. The van der Waals surface area contributed by atoms with E-state index in [2.05, 4.69) is 20.5 Å². The van der Waals surface area contributed by atoms with Gasteiger partial charge in [0.15, 0.2) is 17.0 Å². The van der Waals surface area contributed by atoms with Crippen LogP contribution in [0.2, 0.25) is 0 Å². The van der Waals surface area contributed by atoms with E-state index >= 15 is 0 Å². The van der Waals surface area contributed by atoms with Gasteiger partial charge < -0.3 is 5.32 Å². The molecule has 0 atom stereocenters. The van der Waals surface area contributed by atoms with E-state index < -0.39 is 17.8 Å². The maximum Gasteiger partial charge on any atom is 0.433 e. The molecule has 0 radical (unpaired) electrons. The number of nitrogens with zero attached hydrogens (tertiary/aromatic N) is 5. The number of benzene rings is 1. The van der Waals surface area contributed by atoms with Gasteiger partial charge in [-0.1, -0.05) is 12.1 Å². The number of amides is 1. The predicted molar refractivity (Wildman–Crippen MR) is 112 cm³/mol. The van der Waals surface area contributed by atoms with Crippen LogP contribution in [0.4, 0.5) is 13.2 Å². The van der Waals surface area contributed by atoms with Crippen molar-refractivity contribution in [3.8, 4) is 11.3 Å². The summed E-state index contributed by atoms with van der Waals surface area (Å²) in [5.74, 6) is -0.609. The number of carbonyl (C=O) groups is 1. The van der Waals surface area contributed by atoms with Crippen LogP contribution in [0.25, 0.3) is 16.9 Å². The van der Waals surface area contributed by atoms with Gasteiger partial charge in [-0.15, -0.1) is 0 Å². The van der Waals surface area contributed by atoms with E-state index in [1.807, 2.05) is 26.8 Å². The van der Waals surface area contributed by atoms with Crippen LogP contribution in [0.1, 0.15) is 39.9 Å². The number of halogens is 3. The SMILES string of the molecule is CCn1ccc(CNC(=O)c2cc3nc(-c4ccc(C)c(C)c4)cc(C(F)(F)F)n3n2)n1. The van der Waals surface area contributed by atoms with Crippen molar-refractivity contribution in [2.45, 2.75) is 40.0 Å². The average Bonchev–Trinajstić information content (AvgIpc) is 3.39. The number of aromatic nitrogens is 5. The van der Waals surface area contributed by atoms with Gasteiger partial charge in [-0.2, -0.15) is 23.4 Å². The molecule has 0 spiro atoms. The number of nitrogens with one attached hydrogen (secondary N) is 1. The van der Waals surface area contributed by atoms with Crippen molar-refractivity contribution in [1.29, 1.82) is 0 Å². The molecule has 0 aliphatic carbocycles. The fourth-order valence-electron chi connectivity index (χ4n) is 3.27. The Kier molecular flexibility index (Phi) is 5.45. The highest BCUT2D eigenvalue weighted by molar-refractivity contribution is 5.93. The molecule has 4 rings (SSSR count). The van der Waals surface area contributed by atoms with Gasteiger partial charge in [-0.05, 0) is 50.1 Å². The van der Waals surface area contributed by atoms with Crippen LogP contribution >= 0.6 is 0 Å². The summed E-state index contributed by atoms with van der Waals surface area (Å²) in [6, 6.07) is 9.29. The molecule has 0 unspecified atom stereocenters. The lowest BCUT2D eigenvalue weighted by Gasteiger charge is -2.11. The number of fused-ring (bicyclic) bond motifs is 1. The van der Waals surface area contributed by atoms with Crippen molar-refractivity contribution in [2.24, 2.45) is 0 Å². The Balaban J connectivity index is 1.69. The van der Waals surface area contributed by atoms with E-state index in [-0.39, 0.29) is 23.6 Å². The molecular formula is C22H21F3N6O. The molecule has 166 valence electrons. The summed E-state index contributed by atoms with van der Waals surface area (Å²) in [6.45, 7) is 6.56. The van der Waals surface area contributed by atoms with E-state index in [1.165, 1.54) is 6.07 Å². The molecule has 7 nitrogen and oxygen atoms in total. The van der Waals surface area contributed by atoms with Gasteiger partial charge in [0.2, 0.25) is 0 Å². The van der Waals surface area contributed by atoms with Gasteiger partial charge in [0.1, 0.15) is 0 Å². The summed E-state index contributed by atoms with van der Waals surface area (Å²) in [7, 11) is 0. The van der Waals surface area contributed by atoms with E-state index in [4.69, 9.17) is 0 Å². The van der Waals surface area contributed by atoms with Crippen molar-refractivity contribution in [3.63, 3.8) is 0 Å². The quantitative estimate of drug-likeness (QED) is 0.503. The Morgan fingerprint density at radius 3 is 2.50 bits per heavy atom. The minimum Gasteiger partial charge on any atom is -0.345 e. The largest absolute Gasteiger partial charge is 0.433 e. The van der Waals surface area contributed by atoms with Crippen LogP contribution in [0.5, 0.6) is 0 Å². The van der Waals surface area contributed by atoms with Gasteiger partial charge in [0.25, 0.3) is 5.91 Å². The maximum atomic E-state index is 13.8. The molecule has 0 saturated carbocycles. The molecule has 0 aliphatic rings. The Morgan fingerprint density at radius 1 is 1.06 bits per heavy atom. The van der Waals surface area contributed by atoms with E-state index in [9.17, 15) is 18.0 Å². The number of alkyl halides is 3. The van der Waals surface area contributed by atoms with Crippen molar-refractivity contribution >= 4 is 11.6 Å². The zero-order chi connectivity index (χ0) is 23.0. The van der Waals surface area contributed by atoms with Gasteiger partial charge in [0, 0.05) is 24.4 Å². The molecule has 1 aromatic carbocycles. The third-order valence-corrected chi connectivity index (χ3v) is 5.20. The van der Waals surface area contributed by atoms with E-state index in [0.717, 1.165) is 17.2 Å². The lowest BCUT2D eigenvalue weighted by molar-refractivity contribution is -0.142. The Labute approximate surface area is 181 Å². The first kappa shape index (κ1) is 21.5. The molecule has 1 amide bonds. The number of carbonyl (C=O) groups excluding carboxylic acids is 1. The predicted octanol–water partition coefficient (Wildman–Crippen LogP) is 4.18. The molecule has 3 heterocycles. The number of rotatable bonds is 5. The zero-order valence-electron chi connectivity index (χ0n) is 17.7. The van der Waals surface area contributed by atoms with Crippen LogP contribution in [0, 0.1) is 13.8 Å². The third-order valence-electron chi connectivity index (χ3n) is 5.20. The molecule has 3 aromatic heterocycles. The Hall–Kier alpha value is -3.69. The summed E-state index contributed by atoms with van der Waals surface area (Å²) in [5.41, 5.74) is 2.09. The fraction of sp³-hybridized carbons (Fsp3) is 0.273. The first-order valence-electron chi connectivity index (χ1n) is 10.0. The summed E-state index contributed by atoms with van der Waals surface area (Å²) >= 11 is 0. The molecule has 4 aromatic rings. The smallest absolute Gasteiger partial charge is 0.345 e. The maximum absolute atomic E-state index is 13.8. The average molecular weight is 442 g/mol. The molecular weight excluding hydrogens is 421 g/mol. The van der Waals surface area contributed by atoms with Gasteiger partial charge >= 0.3 is 6.18 Å². The molecule has 1 N–H and O–H groups in total. The zero-order valence-corrected chi connectivity index (χ0v) is 17.7. The van der Waals surface area contributed by atoms with Crippen LogP contribution in [0.15, 0.2) is 42.6 Å². The first-order valence-corrected chi connectivity index (χ1v) is 10.0. The lowest BCUT2D eigenvalue weighted by atomic mass is 10.0. The summed E-state index contributed by atoms with van der Waals surface area (Å²) in [4.78, 5) is 16.9. The van der Waals surface area contributed by atoms with Crippen molar-refractivity contribution in [3.05, 3.63) is 70.8 Å². The second-order valence-electron chi connectivity index (χ2n) is 7.47. The van der Waals surface area contributed by atoms with Crippen LogP contribution < -0.4 is 5.32 Å².